The summed E-state index contributed by atoms with van der Waals surface area (Å²) >= 11 is 1.10. The molecule has 4 nitrogen and oxygen atoms in total. The predicted octanol–water partition coefficient (Wildman–Crippen LogP) is 0.990. The van der Waals surface area contributed by atoms with Gasteiger partial charge in [-0.1, -0.05) is 0 Å². The topological polar surface area (TPSA) is 69.6 Å². The lowest BCUT2D eigenvalue weighted by molar-refractivity contribution is -0.113. The first kappa shape index (κ1) is 14.9. The molecule has 0 saturated heterocycles. The molecule has 0 aliphatic rings. The first-order valence-electron chi connectivity index (χ1n) is 5.14. The van der Waals surface area contributed by atoms with Crippen molar-refractivity contribution in [2.45, 2.75) is 6.10 Å². The van der Waals surface area contributed by atoms with Crippen LogP contribution in [-0.2, 0) is 4.79 Å². The number of carbonyl (C=O) groups excluding carboxylic acids is 1. The zero-order chi connectivity index (χ0) is 13.5. The maximum atomic E-state index is 13.2. The van der Waals surface area contributed by atoms with E-state index >= 15 is 0 Å². The summed E-state index contributed by atoms with van der Waals surface area (Å²) in [5.41, 5.74) is -0.0929. The molecule has 0 aromatic heterocycles. The van der Waals surface area contributed by atoms with Crippen LogP contribution in [0, 0.1) is 11.6 Å². The monoisotopic (exact) mass is 277 g/mol. The standard InChI is InChI=1S/C11H13F2NO3S/c12-7-1-2-10(9(13)3-7)14-11(17)6-18-5-8(16)4-15/h1-3,8,15-16H,4-6H2,(H,14,17). The van der Waals surface area contributed by atoms with Gasteiger partial charge in [-0.3, -0.25) is 4.79 Å². The largest absolute Gasteiger partial charge is 0.394 e. The first-order valence-corrected chi connectivity index (χ1v) is 6.30. The van der Waals surface area contributed by atoms with E-state index in [1.807, 2.05) is 0 Å². The van der Waals surface area contributed by atoms with Gasteiger partial charge in [-0.15, -0.1) is 11.8 Å². The summed E-state index contributed by atoms with van der Waals surface area (Å²) in [6.07, 6.45) is -0.884. The average molecular weight is 277 g/mol. The van der Waals surface area contributed by atoms with Gasteiger partial charge >= 0.3 is 0 Å². The number of amides is 1. The van der Waals surface area contributed by atoms with Crippen molar-refractivity contribution in [2.75, 3.05) is 23.4 Å². The number of nitrogens with one attached hydrogen (secondary N) is 1. The van der Waals surface area contributed by atoms with Crippen LogP contribution in [0.5, 0.6) is 0 Å². The molecule has 7 heteroatoms. The molecular formula is C11H13F2NO3S. The smallest absolute Gasteiger partial charge is 0.234 e. The molecule has 1 amide bonds. The average Bonchev–Trinajstić information content (AvgIpc) is 2.32. The minimum atomic E-state index is -0.884. The molecule has 0 aliphatic carbocycles. The quantitative estimate of drug-likeness (QED) is 0.725. The Kier molecular flexibility index (Phi) is 6.03. The van der Waals surface area contributed by atoms with Gasteiger partial charge in [0.25, 0.3) is 0 Å². The van der Waals surface area contributed by atoms with E-state index in [9.17, 15) is 13.6 Å². The van der Waals surface area contributed by atoms with Crippen molar-refractivity contribution in [3.63, 3.8) is 0 Å². The Labute approximate surface area is 107 Å². The minimum Gasteiger partial charge on any atom is -0.394 e. The Bertz CT molecular complexity index is 417. The molecule has 0 aliphatic heterocycles. The molecule has 1 unspecified atom stereocenters. The Balaban J connectivity index is 2.40. The summed E-state index contributed by atoms with van der Waals surface area (Å²) in [6, 6.07) is 2.86. The Morgan fingerprint density at radius 1 is 1.44 bits per heavy atom. The Morgan fingerprint density at radius 2 is 2.17 bits per heavy atom. The summed E-state index contributed by atoms with van der Waals surface area (Å²) in [4.78, 5) is 11.4. The lowest BCUT2D eigenvalue weighted by atomic mass is 10.3. The van der Waals surface area contributed by atoms with Crippen LogP contribution in [0.3, 0.4) is 0 Å². The third-order valence-corrected chi connectivity index (χ3v) is 3.05. The highest BCUT2D eigenvalue weighted by Gasteiger charge is 2.09. The number of halogens is 2. The van der Waals surface area contributed by atoms with Gasteiger partial charge in [0.2, 0.25) is 5.91 Å². The van der Waals surface area contributed by atoms with Crippen molar-refractivity contribution in [1.29, 1.82) is 0 Å². The predicted molar refractivity (Wildman–Crippen MR) is 65.4 cm³/mol. The van der Waals surface area contributed by atoms with Gasteiger partial charge in [-0.25, -0.2) is 8.78 Å². The van der Waals surface area contributed by atoms with Gasteiger partial charge in [-0.05, 0) is 12.1 Å². The zero-order valence-electron chi connectivity index (χ0n) is 9.40. The number of benzene rings is 1. The van der Waals surface area contributed by atoms with Gasteiger partial charge < -0.3 is 15.5 Å². The van der Waals surface area contributed by atoms with E-state index in [-0.39, 0.29) is 23.8 Å². The molecule has 1 aromatic rings. The zero-order valence-corrected chi connectivity index (χ0v) is 10.2. The molecule has 0 saturated carbocycles. The molecule has 3 N–H and O–H groups in total. The number of aliphatic hydroxyl groups is 2. The SMILES string of the molecule is O=C(CSCC(O)CO)Nc1ccc(F)cc1F. The Hall–Kier alpha value is -1.18. The molecule has 0 bridgehead atoms. The summed E-state index contributed by atoms with van der Waals surface area (Å²) in [5, 5.41) is 19.9. The highest BCUT2D eigenvalue weighted by Crippen LogP contribution is 2.15. The second-order valence-electron chi connectivity index (χ2n) is 3.52. The molecule has 100 valence electrons. The molecular weight excluding hydrogens is 264 g/mol. The molecule has 1 aromatic carbocycles. The maximum Gasteiger partial charge on any atom is 0.234 e. The van der Waals surface area contributed by atoms with E-state index in [4.69, 9.17) is 10.2 Å². The van der Waals surface area contributed by atoms with Gasteiger partial charge in [0, 0.05) is 11.8 Å². The number of aliphatic hydroxyl groups excluding tert-OH is 2. The molecule has 0 radical (unpaired) electrons. The molecule has 0 fully saturated rings. The summed E-state index contributed by atoms with van der Waals surface area (Å²) < 4.78 is 25.8. The second kappa shape index (κ2) is 7.30. The summed E-state index contributed by atoms with van der Waals surface area (Å²) in [5.74, 6) is -1.81. The van der Waals surface area contributed by atoms with Crippen LogP contribution in [0.2, 0.25) is 0 Å². The van der Waals surface area contributed by atoms with Crippen LogP contribution in [-0.4, -0.2) is 40.3 Å². The van der Waals surface area contributed by atoms with Crippen LogP contribution < -0.4 is 5.32 Å². The van der Waals surface area contributed by atoms with Crippen molar-refractivity contribution < 1.29 is 23.8 Å². The normalized spacial score (nSPS) is 12.2. The maximum absolute atomic E-state index is 13.2. The number of anilines is 1. The van der Waals surface area contributed by atoms with Gasteiger partial charge in [-0.2, -0.15) is 0 Å². The van der Waals surface area contributed by atoms with E-state index in [1.165, 1.54) is 0 Å². The van der Waals surface area contributed by atoms with E-state index < -0.39 is 23.6 Å². The summed E-state index contributed by atoms with van der Waals surface area (Å²) in [7, 11) is 0. The number of hydrogen-bond donors (Lipinski definition) is 3. The molecule has 0 spiro atoms. The van der Waals surface area contributed by atoms with E-state index in [1.54, 1.807) is 0 Å². The minimum absolute atomic E-state index is 0.00781. The molecule has 18 heavy (non-hydrogen) atoms. The van der Waals surface area contributed by atoms with E-state index in [0.717, 1.165) is 23.9 Å². The molecule has 1 atom stereocenters. The van der Waals surface area contributed by atoms with Crippen LogP contribution >= 0.6 is 11.8 Å². The van der Waals surface area contributed by atoms with Crippen LogP contribution in [0.25, 0.3) is 0 Å². The third-order valence-electron chi connectivity index (χ3n) is 1.96. The Morgan fingerprint density at radius 3 is 2.78 bits per heavy atom. The fraction of sp³-hybridized carbons (Fsp3) is 0.364. The van der Waals surface area contributed by atoms with E-state index in [0.29, 0.717) is 6.07 Å². The fourth-order valence-corrected chi connectivity index (χ4v) is 1.87. The van der Waals surface area contributed by atoms with Gasteiger partial charge in [0.15, 0.2) is 0 Å². The van der Waals surface area contributed by atoms with Crippen molar-refractivity contribution in [3.8, 4) is 0 Å². The van der Waals surface area contributed by atoms with Gasteiger partial charge in [0.1, 0.15) is 11.6 Å². The number of thioether (sulfide) groups is 1. The van der Waals surface area contributed by atoms with Crippen LogP contribution in [0.15, 0.2) is 18.2 Å². The van der Waals surface area contributed by atoms with Crippen molar-refractivity contribution in [3.05, 3.63) is 29.8 Å². The second-order valence-corrected chi connectivity index (χ2v) is 4.55. The third kappa shape index (κ3) is 4.99. The van der Waals surface area contributed by atoms with Crippen molar-refractivity contribution in [2.24, 2.45) is 0 Å². The lowest BCUT2D eigenvalue weighted by Gasteiger charge is -2.08. The lowest BCUT2D eigenvalue weighted by Crippen LogP contribution is -2.19. The summed E-state index contributed by atoms with van der Waals surface area (Å²) in [6.45, 7) is -0.374. The number of rotatable bonds is 6. The van der Waals surface area contributed by atoms with Gasteiger partial charge in [0.05, 0.1) is 24.2 Å². The van der Waals surface area contributed by atoms with Crippen molar-refractivity contribution in [1.82, 2.24) is 0 Å². The van der Waals surface area contributed by atoms with E-state index in [2.05, 4.69) is 5.32 Å². The molecule has 0 heterocycles. The number of carbonyl (C=O) groups is 1. The fourth-order valence-electron chi connectivity index (χ4n) is 1.12. The van der Waals surface area contributed by atoms with Crippen molar-refractivity contribution >= 4 is 23.4 Å². The molecule has 1 rings (SSSR count). The highest BCUT2D eigenvalue weighted by atomic mass is 32.2. The number of hydrogen-bond acceptors (Lipinski definition) is 4. The first-order chi connectivity index (χ1) is 8.52. The van der Waals surface area contributed by atoms with Crippen LogP contribution in [0.4, 0.5) is 14.5 Å². The highest BCUT2D eigenvalue weighted by molar-refractivity contribution is 8.00. The van der Waals surface area contributed by atoms with Crippen LogP contribution in [0.1, 0.15) is 0 Å².